The Morgan fingerprint density at radius 3 is 2.52 bits per heavy atom. The van der Waals surface area contributed by atoms with Gasteiger partial charge in [-0.3, -0.25) is 4.79 Å². The normalized spacial score (nSPS) is 11.2. The first-order chi connectivity index (χ1) is 9.84. The molecule has 0 saturated heterocycles. The summed E-state index contributed by atoms with van der Waals surface area (Å²) in [6, 6.07) is 0.865. The summed E-state index contributed by atoms with van der Waals surface area (Å²) in [6.07, 6.45) is -1.56. The molecule has 0 aliphatic heterocycles. The first-order valence-electron chi connectivity index (χ1n) is 5.69. The number of nitrogens with one attached hydrogen (secondary N) is 1. The highest BCUT2D eigenvalue weighted by Crippen LogP contribution is 2.35. The Morgan fingerprint density at radius 2 is 1.95 bits per heavy atom. The lowest BCUT2D eigenvalue weighted by molar-refractivity contribution is -0.137. The number of hydrogen-bond donors (Lipinski definition) is 2. The van der Waals surface area contributed by atoms with Crippen molar-refractivity contribution >= 4 is 11.7 Å². The van der Waals surface area contributed by atoms with Crippen LogP contribution in [0.2, 0.25) is 0 Å². The molecule has 6 nitrogen and oxygen atoms in total. The third-order valence-corrected chi connectivity index (χ3v) is 2.69. The molecule has 0 aliphatic rings. The smallest absolute Gasteiger partial charge is 0.373 e. The van der Waals surface area contributed by atoms with Gasteiger partial charge in [0.2, 0.25) is 0 Å². The number of primary amides is 1. The van der Waals surface area contributed by atoms with Crippen LogP contribution < -0.4 is 11.1 Å². The van der Waals surface area contributed by atoms with Crippen molar-refractivity contribution in [3.8, 4) is 11.1 Å². The maximum absolute atomic E-state index is 12.8. The fraction of sp³-hybridized carbons (Fsp3) is 0.167. The first kappa shape index (κ1) is 14.7. The summed E-state index contributed by atoms with van der Waals surface area (Å²) in [7, 11) is 1.49. The Bertz CT molecular complexity index is 687. The summed E-state index contributed by atoms with van der Waals surface area (Å²) >= 11 is 0. The summed E-state index contributed by atoms with van der Waals surface area (Å²) in [6.45, 7) is 0. The molecular formula is C12H10F3N5O. The quantitative estimate of drug-likeness (QED) is 0.899. The van der Waals surface area contributed by atoms with Crippen LogP contribution in [-0.4, -0.2) is 27.9 Å². The maximum Gasteiger partial charge on any atom is 0.417 e. The highest BCUT2D eigenvalue weighted by Gasteiger charge is 2.32. The van der Waals surface area contributed by atoms with Gasteiger partial charge in [-0.2, -0.15) is 13.2 Å². The Hall–Kier alpha value is -2.71. The van der Waals surface area contributed by atoms with E-state index in [2.05, 4.69) is 20.3 Å². The zero-order valence-corrected chi connectivity index (χ0v) is 10.8. The topological polar surface area (TPSA) is 93.8 Å². The minimum Gasteiger partial charge on any atom is -0.373 e. The molecule has 0 saturated carbocycles. The summed E-state index contributed by atoms with van der Waals surface area (Å²) in [5, 5.41) is 2.65. The zero-order chi connectivity index (χ0) is 15.6. The monoisotopic (exact) mass is 297 g/mol. The molecule has 0 unspecified atom stereocenters. The number of pyridine rings is 1. The third-order valence-electron chi connectivity index (χ3n) is 2.69. The van der Waals surface area contributed by atoms with Gasteiger partial charge in [0.1, 0.15) is 17.8 Å². The highest BCUT2D eigenvalue weighted by atomic mass is 19.4. The predicted molar refractivity (Wildman–Crippen MR) is 68.3 cm³/mol. The molecule has 2 aromatic rings. The maximum atomic E-state index is 12.8. The Kier molecular flexibility index (Phi) is 3.74. The molecule has 0 bridgehead atoms. The van der Waals surface area contributed by atoms with Crippen LogP contribution in [0.25, 0.3) is 11.1 Å². The lowest BCUT2D eigenvalue weighted by atomic mass is 10.0. The molecule has 0 spiro atoms. The molecule has 3 N–H and O–H groups in total. The van der Waals surface area contributed by atoms with Crippen LogP contribution in [-0.2, 0) is 6.18 Å². The second-order valence-corrected chi connectivity index (χ2v) is 4.02. The average Bonchev–Trinajstić information content (AvgIpc) is 2.45. The lowest BCUT2D eigenvalue weighted by Gasteiger charge is -2.13. The van der Waals surface area contributed by atoms with Crippen molar-refractivity contribution in [3.05, 3.63) is 36.0 Å². The molecule has 0 aliphatic carbocycles. The largest absolute Gasteiger partial charge is 0.417 e. The van der Waals surface area contributed by atoms with Crippen LogP contribution in [0.5, 0.6) is 0 Å². The second-order valence-electron chi connectivity index (χ2n) is 4.02. The van der Waals surface area contributed by atoms with E-state index in [1.54, 1.807) is 0 Å². The summed E-state index contributed by atoms with van der Waals surface area (Å²) in [5.41, 5.74) is 4.17. The van der Waals surface area contributed by atoms with Crippen molar-refractivity contribution in [3.63, 3.8) is 0 Å². The van der Waals surface area contributed by atoms with Crippen LogP contribution in [0.15, 0.2) is 24.8 Å². The Balaban J connectivity index is 2.70. The third kappa shape index (κ3) is 2.91. The minimum atomic E-state index is -4.56. The number of carbonyl (C=O) groups is 1. The van der Waals surface area contributed by atoms with Gasteiger partial charge in [0.25, 0.3) is 5.91 Å². The second kappa shape index (κ2) is 5.35. The summed E-state index contributed by atoms with van der Waals surface area (Å²) in [4.78, 5) is 22.5. The van der Waals surface area contributed by atoms with Crippen molar-refractivity contribution in [1.29, 1.82) is 0 Å². The number of hydrogen-bond acceptors (Lipinski definition) is 5. The van der Waals surface area contributed by atoms with Crippen molar-refractivity contribution in [1.82, 2.24) is 15.0 Å². The molecule has 0 atom stereocenters. The standard InChI is InChI=1S/C12H10F3N5O/c1-17-11-7(2-6(3-19-11)12(13,14)15)8-4-18-5-20-9(8)10(16)21/h2-5H,1H3,(H2,16,21)(H,17,19). The fourth-order valence-corrected chi connectivity index (χ4v) is 1.75. The number of aromatic nitrogens is 3. The molecular weight excluding hydrogens is 287 g/mol. The number of alkyl halides is 3. The molecule has 0 radical (unpaired) electrons. The van der Waals surface area contributed by atoms with E-state index in [9.17, 15) is 18.0 Å². The van der Waals surface area contributed by atoms with Gasteiger partial charge < -0.3 is 11.1 Å². The van der Waals surface area contributed by atoms with Crippen molar-refractivity contribution < 1.29 is 18.0 Å². The van der Waals surface area contributed by atoms with E-state index >= 15 is 0 Å². The van der Waals surface area contributed by atoms with Gasteiger partial charge >= 0.3 is 6.18 Å². The molecule has 21 heavy (non-hydrogen) atoms. The van der Waals surface area contributed by atoms with Gasteiger partial charge in [-0.05, 0) is 6.07 Å². The van der Waals surface area contributed by atoms with E-state index in [-0.39, 0.29) is 22.6 Å². The Morgan fingerprint density at radius 1 is 1.24 bits per heavy atom. The van der Waals surface area contributed by atoms with E-state index in [0.717, 1.165) is 12.4 Å². The van der Waals surface area contributed by atoms with Gasteiger partial charge in [0, 0.05) is 30.6 Å². The molecule has 2 rings (SSSR count). The van der Waals surface area contributed by atoms with Gasteiger partial charge in [-0.25, -0.2) is 15.0 Å². The van der Waals surface area contributed by atoms with Gasteiger partial charge in [-0.1, -0.05) is 0 Å². The van der Waals surface area contributed by atoms with E-state index in [1.165, 1.54) is 13.2 Å². The number of amides is 1. The number of nitrogens with two attached hydrogens (primary N) is 1. The average molecular weight is 297 g/mol. The molecule has 9 heteroatoms. The van der Waals surface area contributed by atoms with Crippen LogP contribution in [0.3, 0.4) is 0 Å². The van der Waals surface area contributed by atoms with Crippen molar-refractivity contribution in [2.75, 3.05) is 12.4 Å². The number of halogens is 3. The van der Waals surface area contributed by atoms with Gasteiger partial charge in [0.05, 0.1) is 5.56 Å². The van der Waals surface area contributed by atoms with Crippen molar-refractivity contribution in [2.45, 2.75) is 6.18 Å². The highest BCUT2D eigenvalue weighted by molar-refractivity contribution is 5.99. The van der Waals surface area contributed by atoms with Crippen molar-refractivity contribution in [2.24, 2.45) is 5.73 Å². The van der Waals surface area contributed by atoms with Gasteiger partial charge in [0.15, 0.2) is 0 Å². The number of nitrogens with zero attached hydrogens (tertiary/aromatic N) is 3. The molecule has 0 aromatic carbocycles. The number of rotatable bonds is 3. The first-order valence-corrected chi connectivity index (χ1v) is 5.69. The molecule has 2 aromatic heterocycles. The van der Waals surface area contributed by atoms with E-state index in [0.29, 0.717) is 6.20 Å². The fourth-order valence-electron chi connectivity index (χ4n) is 1.75. The number of carbonyl (C=O) groups excluding carboxylic acids is 1. The summed E-state index contributed by atoms with van der Waals surface area (Å²) < 4.78 is 38.4. The minimum absolute atomic E-state index is 0.0433. The van der Waals surface area contributed by atoms with E-state index in [1.807, 2.05) is 0 Å². The molecule has 0 fully saturated rings. The Labute approximate surface area is 117 Å². The zero-order valence-electron chi connectivity index (χ0n) is 10.8. The van der Waals surface area contributed by atoms with Crippen LogP contribution in [0.1, 0.15) is 16.1 Å². The molecule has 110 valence electrons. The van der Waals surface area contributed by atoms with Crippen LogP contribution in [0, 0.1) is 0 Å². The molecule has 2 heterocycles. The van der Waals surface area contributed by atoms with Crippen LogP contribution >= 0.6 is 0 Å². The SMILES string of the molecule is CNc1ncc(C(F)(F)F)cc1-c1cncnc1C(N)=O. The van der Waals surface area contributed by atoms with E-state index in [4.69, 9.17) is 5.73 Å². The van der Waals surface area contributed by atoms with E-state index < -0.39 is 17.6 Å². The number of anilines is 1. The molecule has 1 amide bonds. The predicted octanol–water partition coefficient (Wildman–Crippen LogP) is 1.70. The summed E-state index contributed by atoms with van der Waals surface area (Å²) in [5.74, 6) is -0.716. The van der Waals surface area contributed by atoms with Gasteiger partial charge in [-0.15, -0.1) is 0 Å². The lowest BCUT2D eigenvalue weighted by Crippen LogP contribution is -2.15. The van der Waals surface area contributed by atoms with Crippen LogP contribution in [0.4, 0.5) is 19.0 Å².